The molecule has 1 amide bonds. The van der Waals surface area contributed by atoms with Gasteiger partial charge in [0.2, 0.25) is 0 Å². The summed E-state index contributed by atoms with van der Waals surface area (Å²) in [6, 6.07) is 21.7. The second-order valence-electron chi connectivity index (χ2n) is 17.0. The predicted octanol–water partition coefficient (Wildman–Crippen LogP) is -0.613. The zero-order chi connectivity index (χ0) is 49.4. The Morgan fingerprint density at radius 3 is 1.46 bits per heavy atom. The maximum Gasteiger partial charge on any atom is 0.498 e. The number of benzene rings is 4. The fourth-order valence-electron chi connectivity index (χ4n) is 5.91. The van der Waals surface area contributed by atoms with Gasteiger partial charge < -0.3 is 73.1 Å². The van der Waals surface area contributed by atoms with Crippen molar-refractivity contribution in [2.45, 2.75) is 109 Å². The first-order valence-electron chi connectivity index (χ1n) is 21.1. The number of nitrogens with two attached hydrogens (primary N) is 3. The average Bonchev–Trinajstić information content (AvgIpc) is 3.46. The SMILES string of the molecule is CB(O)[C@@H](N)Cc1ccc(O)cc1.CC(=O)[C@@H](N)Cc1ccc(O)c(B(O)O)c1.CC(=O)[C@@H](N)Cc1ccc(O)c(B2OC(C)(C)C(C)(C)O2)c1.CNC(=O)[C@@H]([NH3+])Cc1ccc(O)cc1. The van der Waals surface area contributed by atoms with E-state index in [9.17, 15) is 24.6 Å². The largest absolute Gasteiger partial charge is 0.508 e. The van der Waals surface area contributed by atoms with Gasteiger partial charge in [0, 0.05) is 30.3 Å². The summed E-state index contributed by atoms with van der Waals surface area (Å²) >= 11 is 0. The minimum atomic E-state index is -1.74. The molecule has 0 bridgehead atoms. The van der Waals surface area contributed by atoms with Gasteiger partial charge in [-0.05, 0) is 119 Å². The molecule has 1 aliphatic heterocycles. The molecule has 20 heteroatoms. The number of hydrogen-bond donors (Lipinski definition) is 12. The highest BCUT2D eigenvalue weighted by Crippen LogP contribution is 2.37. The van der Waals surface area contributed by atoms with Crippen LogP contribution in [0.25, 0.3) is 0 Å². The summed E-state index contributed by atoms with van der Waals surface area (Å²) in [5, 5.41) is 67.2. The van der Waals surface area contributed by atoms with E-state index < -0.39 is 44.4 Å². The first-order valence-corrected chi connectivity index (χ1v) is 21.1. The van der Waals surface area contributed by atoms with Crippen LogP contribution in [0, 0.1) is 0 Å². The first-order chi connectivity index (χ1) is 30.2. The molecule has 17 N–H and O–H groups in total. The van der Waals surface area contributed by atoms with Crippen molar-refractivity contribution in [3.8, 4) is 23.0 Å². The summed E-state index contributed by atoms with van der Waals surface area (Å²) in [4.78, 5) is 33.4. The predicted molar refractivity (Wildman–Crippen MR) is 253 cm³/mol. The molecule has 1 fully saturated rings. The number of quaternary nitrogens is 1. The number of carbonyl (C=O) groups is 3. The highest BCUT2D eigenvalue weighted by Gasteiger charge is 2.52. The fourth-order valence-corrected chi connectivity index (χ4v) is 5.91. The van der Waals surface area contributed by atoms with E-state index in [0.717, 1.165) is 16.7 Å². The lowest BCUT2D eigenvalue weighted by atomic mass is 9.62. The van der Waals surface area contributed by atoms with Crippen LogP contribution in [0.3, 0.4) is 0 Å². The topological polar surface area (TPSA) is 329 Å². The molecule has 1 heterocycles. The van der Waals surface area contributed by atoms with Crippen LogP contribution >= 0.6 is 0 Å². The third kappa shape index (κ3) is 18.3. The van der Waals surface area contributed by atoms with Crippen molar-refractivity contribution in [2.75, 3.05) is 7.05 Å². The smallest absolute Gasteiger partial charge is 0.498 e. The van der Waals surface area contributed by atoms with E-state index in [2.05, 4.69) is 11.1 Å². The molecule has 4 atom stereocenters. The van der Waals surface area contributed by atoms with Gasteiger partial charge in [0.05, 0.1) is 23.3 Å². The monoisotopic (exact) mass is 903 g/mol. The number of phenolic OH excluding ortho intramolecular Hbond substituents is 4. The van der Waals surface area contributed by atoms with Gasteiger partial charge in [-0.15, -0.1) is 0 Å². The number of rotatable bonds is 14. The van der Waals surface area contributed by atoms with Crippen LogP contribution in [0.2, 0.25) is 6.82 Å². The van der Waals surface area contributed by atoms with E-state index in [4.69, 9.17) is 51.8 Å². The molecule has 4 aromatic rings. The molecule has 0 aliphatic carbocycles. The Hall–Kier alpha value is -5.28. The van der Waals surface area contributed by atoms with Crippen molar-refractivity contribution in [2.24, 2.45) is 17.2 Å². The van der Waals surface area contributed by atoms with Gasteiger partial charge in [0.1, 0.15) is 34.6 Å². The number of amides is 1. The Bertz CT molecular complexity index is 2130. The number of Topliss-reactive ketones (excluding diaryl/α,β-unsaturated/α-hetero) is 2. The molecule has 65 heavy (non-hydrogen) atoms. The number of aromatic hydroxyl groups is 4. The Morgan fingerprint density at radius 1 is 0.662 bits per heavy atom. The average molecular weight is 902 g/mol. The van der Waals surface area contributed by atoms with Crippen molar-refractivity contribution >= 4 is 49.6 Å². The lowest BCUT2D eigenvalue weighted by molar-refractivity contribution is -0.403. The third-order valence-corrected chi connectivity index (χ3v) is 11.0. The van der Waals surface area contributed by atoms with E-state index in [0.29, 0.717) is 36.7 Å². The minimum Gasteiger partial charge on any atom is -0.508 e. The molecule has 5 rings (SSSR count). The van der Waals surface area contributed by atoms with Crippen molar-refractivity contribution in [1.82, 2.24) is 5.32 Å². The number of nitrogens with one attached hydrogen (secondary N) is 1. The van der Waals surface area contributed by atoms with E-state index in [1.165, 1.54) is 26.0 Å². The van der Waals surface area contributed by atoms with E-state index >= 15 is 0 Å². The minimum absolute atomic E-state index is 0.00764. The molecule has 0 spiro atoms. The molecule has 1 saturated heterocycles. The number of carbonyl (C=O) groups excluding carboxylic acids is 3. The molecular formula is C45H67B3N5O12+. The molecule has 352 valence electrons. The number of ketones is 2. The first kappa shape index (κ1) is 55.9. The zero-order valence-corrected chi connectivity index (χ0v) is 38.6. The molecule has 1 aliphatic rings. The van der Waals surface area contributed by atoms with Gasteiger partial charge >= 0.3 is 21.2 Å². The molecule has 0 aromatic heterocycles. The molecule has 0 saturated carbocycles. The Balaban J connectivity index is 0.000000305. The number of hydrogen-bond acceptors (Lipinski definition) is 15. The Labute approximate surface area is 382 Å². The van der Waals surface area contributed by atoms with Crippen LogP contribution < -0.4 is 39.2 Å². The van der Waals surface area contributed by atoms with E-state index in [1.54, 1.807) is 86.7 Å². The van der Waals surface area contributed by atoms with Crippen LogP contribution in [0.4, 0.5) is 0 Å². The summed E-state index contributed by atoms with van der Waals surface area (Å²) in [5.74, 6) is -0.135. The highest BCUT2D eigenvalue weighted by molar-refractivity contribution is 6.63. The maximum absolute atomic E-state index is 11.3. The number of likely N-dealkylation sites (N-methyl/N-ethyl adjacent to an activating group) is 1. The van der Waals surface area contributed by atoms with Crippen LogP contribution in [0.15, 0.2) is 84.9 Å². The van der Waals surface area contributed by atoms with Crippen molar-refractivity contribution in [3.63, 3.8) is 0 Å². The van der Waals surface area contributed by atoms with Crippen molar-refractivity contribution in [1.29, 1.82) is 0 Å². The highest BCUT2D eigenvalue weighted by atomic mass is 16.7. The maximum atomic E-state index is 11.3. The van der Waals surface area contributed by atoms with E-state index in [1.807, 2.05) is 27.7 Å². The van der Waals surface area contributed by atoms with Gasteiger partial charge in [-0.2, -0.15) is 0 Å². The lowest BCUT2D eigenvalue weighted by Gasteiger charge is -2.32. The van der Waals surface area contributed by atoms with Gasteiger partial charge in [-0.1, -0.05) is 55.4 Å². The standard InChI is InChI=1S/C16H24BNO4.C10H14BNO4.C10H14N2O2.C9H14BNO2/c1-10(19)13(18)9-11-6-7-14(20)12(8-11)17-21-15(2,3)16(4,5)22-17;1-6(13)9(12)5-7-2-3-10(14)8(4-7)11(15)16;1-12-10(14)9(11)6-7-2-4-8(13)5-3-7;1-10(13)9(11)6-7-2-4-8(12)5-3-7/h6-8,13,20H,9,18H2,1-5H3;2-4,9,14-16H,5,12H2,1H3;2-5,9,13H,6,11H2,1H3,(H,12,14);2-5,9,12-13H,6,11H2,1H3/p+1/t13-;3*9-/m0000/s1. The van der Waals surface area contributed by atoms with Crippen LogP contribution in [0.1, 0.15) is 63.8 Å². The van der Waals surface area contributed by atoms with Gasteiger partial charge in [0.15, 0.2) is 6.04 Å². The summed E-state index contributed by atoms with van der Waals surface area (Å²) in [6.07, 6.45) is 1.93. The van der Waals surface area contributed by atoms with Crippen LogP contribution in [-0.2, 0) is 49.4 Å². The summed E-state index contributed by atoms with van der Waals surface area (Å²) < 4.78 is 11.9. The fraction of sp³-hybridized carbons (Fsp3) is 0.400. The summed E-state index contributed by atoms with van der Waals surface area (Å²) in [6.45, 7) is 11.9. The Morgan fingerprint density at radius 2 is 1.06 bits per heavy atom. The third-order valence-electron chi connectivity index (χ3n) is 11.0. The molecule has 17 nitrogen and oxygen atoms in total. The molecule has 0 unspecified atom stereocenters. The second-order valence-corrected chi connectivity index (χ2v) is 17.0. The van der Waals surface area contributed by atoms with Crippen molar-refractivity contribution in [3.05, 3.63) is 107 Å². The van der Waals surface area contributed by atoms with Gasteiger partial charge in [0.25, 0.3) is 5.91 Å². The van der Waals surface area contributed by atoms with Crippen molar-refractivity contribution < 1.29 is 64.9 Å². The molecule has 4 aromatic carbocycles. The zero-order valence-electron chi connectivity index (χ0n) is 38.6. The summed E-state index contributed by atoms with van der Waals surface area (Å²) in [5.41, 5.74) is 24.0. The second kappa shape index (κ2) is 25.4. The van der Waals surface area contributed by atoms with E-state index in [-0.39, 0.29) is 57.9 Å². The van der Waals surface area contributed by atoms with Crippen LogP contribution in [-0.4, -0.2) is 116 Å². The van der Waals surface area contributed by atoms with Crippen LogP contribution in [0.5, 0.6) is 23.0 Å². The Kier molecular flexibility index (Phi) is 21.9. The summed E-state index contributed by atoms with van der Waals surface area (Å²) in [7, 11) is -0.788. The number of phenols is 4. The quantitative estimate of drug-likeness (QED) is 0.0703. The molecular weight excluding hydrogens is 835 g/mol. The lowest BCUT2D eigenvalue weighted by Crippen LogP contribution is -2.68. The van der Waals surface area contributed by atoms with Gasteiger partial charge in [-0.3, -0.25) is 14.4 Å². The molecule has 0 radical (unpaired) electrons. The normalized spacial score (nSPS) is 15.2. The van der Waals surface area contributed by atoms with Gasteiger partial charge in [-0.25, -0.2) is 0 Å².